The van der Waals surface area contributed by atoms with Gasteiger partial charge in [-0.2, -0.15) is 0 Å². The highest BCUT2D eigenvalue weighted by molar-refractivity contribution is 5.24. The zero-order chi connectivity index (χ0) is 13.1. The molecule has 0 bridgehead atoms. The van der Waals surface area contributed by atoms with Crippen molar-refractivity contribution in [3.63, 3.8) is 0 Å². The summed E-state index contributed by atoms with van der Waals surface area (Å²) in [6, 6.07) is 3.28. The number of rotatable bonds is 3. The smallest absolute Gasteiger partial charge is 0.128 e. The number of hydrogen-bond acceptors (Lipinski definition) is 3. The number of benzene rings is 1. The molecule has 1 fully saturated rings. The first kappa shape index (κ1) is 13.4. The predicted molar refractivity (Wildman–Crippen MR) is 65.4 cm³/mol. The summed E-state index contributed by atoms with van der Waals surface area (Å²) < 4.78 is 32.6. The summed E-state index contributed by atoms with van der Waals surface area (Å²) in [4.78, 5) is 1.88. The van der Waals surface area contributed by atoms with Gasteiger partial charge in [0.15, 0.2) is 0 Å². The zero-order valence-electron chi connectivity index (χ0n) is 10.6. The Kier molecular flexibility index (Phi) is 4.27. The molecule has 1 heterocycles. The van der Waals surface area contributed by atoms with E-state index in [4.69, 9.17) is 4.74 Å². The molecule has 0 aliphatic carbocycles. The van der Waals surface area contributed by atoms with Crippen LogP contribution < -0.4 is 5.32 Å². The number of hydrogen-bond donors (Lipinski definition) is 1. The van der Waals surface area contributed by atoms with E-state index in [0.717, 1.165) is 12.6 Å². The quantitative estimate of drug-likeness (QED) is 0.888. The van der Waals surface area contributed by atoms with Gasteiger partial charge < -0.3 is 15.0 Å². The number of halogens is 2. The largest absolute Gasteiger partial charge is 0.378 e. The zero-order valence-corrected chi connectivity index (χ0v) is 10.6. The van der Waals surface area contributed by atoms with Crippen molar-refractivity contribution in [3.05, 3.63) is 35.4 Å². The minimum absolute atomic E-state index is 0.0370. The normalized spacial score (nSPS) is 22.2. The molecule has 1 aromatic rings. The number of likely N-dealkylation sites (N-methyl/N-ethyl adjacent to an activating group) is 1. The Morgan fingerprint density at radius 1 is 1.39 bits per heavy atom. The van der Waals surface area contributed by atoms with Crippen molar-refractivity contribution in [1.82, 2.24) is 10.2 Å². The fraction of sp³-hybridized carbons (Fsp3) is 0.538. The van der Waals surface area contributed by atoms with Crippen molar-refractivity contribution in [2.45, 2.75) is 12.1 Å². The van der Waals surface area contributed by atoms with Crippen LogP contribution in [0.3, 0.4) is 0 Å². The first-order valence-corrected chi connectivity index (χ1v) is 6.02. The molecule has 1 aromatic carbocycles. The van der Waals surface area contributed by atoms with Gasteiger partial charge in [-0.1, -0.05) is 0 Å². The fourth-order valence-corrected chi connectivity index (χ4v) is 2.38. The summed E-state index contributed by atoms with van der Waals surface area (Å²) in [6.07, 6.45) is 0. The van der Waals surface area contributed by atoms with E-state index >= 15 is 0 Å². The maximum Gasteiger partial charge on any atom is 0.128 e. The number of nitrogens with zero attached hydrogens (tertiary/aromatic N) is 1. The van der Waals surface area contributed by atoms with Crippen LogP contribution >= 0.6 is 0 Å². The molecule has 0 spiro atoms. The van der Waals surface area contributed by atoms with Crippen molar-refractivity contribution in [3.8, 4) is 0 Å². The Morgan fingerprint density at radius 2 is 2.17 bits per heavy atom. The van der Waals surface area contributed by atoms with Gasteiger partial charge in [-0.05, 0) is 32.3 Å². The molecule has 0 aromatic heterocycles. The van der Waals surface area contributed by atoms with E-state index in [1.807, 2.05) is 19.0 Å². The molecule has 3 nitrogen and oxygen atoms in total. The Bertz CT molecular complexity index is 406. The Morgan fingerprint density at radius 3 is 2.78 bits per heavy atom. The molecule has 1 aliphatic rings. The average molecular weight is 256 g/mol. The van der Waals surface area contributed by atoms with Crippen LogP contribution in [0.1, 0.15) is 11.6 Å². The minimum Gasteiger partial charge on any atom is -0.378 e. The Labute approximate surface area is 106 Å². The van der Waals surface area contributed by atoms with Crippen molar-refractivity contribution in [1.29, 1.82) is 0 Å². The molecule has 2 unspecified atom stereocenters. The van der Waals surface area contributed by atoms with Crippen LogP contribution in [0, 0.1) is 11.6 Å². The number of morpholine rings is 1. The van der Waals surface area contributed by atoms with Gasteiger partial charge >= 0.3 is 0 Å². The molecule has 0 saturated carbocycles. The van der Waals surface area contributed by atoms with Gasteiger partial charge in [0.25, 0.3) is 0 Å². The van der Waals surface area contributed by atoms with E-state index in [2.05, 4.69) is 5.32 Å². The van der Waals surface area contributed by atoms with E-state index in [0.29, 0.717) is 18.8 Å². The Balaban J connectivity index is 2.31. The van der Waals surface area contributed by atoms with Crippen molar-refractivity contribution < 1.29 is 13.5 Å². The van der Waals surface area contributed by atoms with Crippen LogP contribution in [0.25, 0.3) is 0 Å². The van der Waals surface area contributed by atoms with Crippen molar-refractivity contribution >= 4 is 0 Å². The van der Waals surface area contributed by atoms with Gasteiger partial charge in [-0.15, -0.1) is 0 Å². The van der Waals surface area contributed by atoms with Crippen LogP contribution in [-0.2, 0) is 4.74 Å². The van der Waals surface area contributed by atoms with Crippen molar-refractivity contribution in [2.75, 3.05) is 33.9 Å². The highest BCUT2D eigenvalue weighted by Crippen LogP contribution is 2.26. The van der Waals surface area contributed by atoms with Crippen LogP contribution in [0.5, 0.6) is 0 Å². The molecule has 2 atom stereocenters. The standard InChI is InChI=1S/C13H18F2N2O/c1-17(2)13(12-8-18-6-5-16-12)10-7-9(14)3-4-11(10)15/h3-4,7,12-13,16H,5-6,8H2,1-2H3. The van der Waals surface area contributed by atoms with Gasteiger partial charge in [-0.25, -0.2) is 8.78 Å². The molecule has 5 heteroatoms. The highest BCUT2D eigenvalue weighted by atomic mass is 19.1. The lowest BCUT2D eigenvalue weighted by Crippen LogP contribution is -2.49. The van der Waals surface area contributed by atoms with Crippen LogP contribution in [0.4, 0.5) is 8.78 Å². The second-order valence-corrected chi connectivity index (χ2v) is 4.71. The molecular formula is C13H18F2N2O. The summed E-state index contributed by atoms with van der Waals surface area (Å²) in [5.74, 6) is -0.808. The van der Waals surface area contributed by atoms with E-state index in [1.54, 1.807) is 0 Å². The second kappa shape index (κ2) is 5.73. The third-order valence-electron chi connectivity index (χ3n) is 3.16. The monoisotopic (exact) mass is 256 g/mol. The van der Waals surface area contributed by atoms with Crippen molar-refractivity contribution in [2.24, 2.45) is 0 Å². The first-order chi connectivity index (χ1) is 8.59. The lowest BCUT2D eigenvalue weighted by molar-refractivity contribution is 0.0451. The summed E-state index contributed by atoms with van der Waals surface area (Å²) in [6.45, 7) is 1.88. The maximum atomic E-state index is 13.9. The molecule has 1 N–H and O–H groups in total. The van der Waals surface area contributed by atoms with Gasteiger partial charge in [0, 0.05) is 12.1 Å². The molecule has 1 aliphatic heterocycles. The minimum atomic E-state index is -0.421. The average Bonchev–Trinajstić information content (AvgIpc) is 2.35. The lowest BCUT2D eigenvalue weighted by Gasteiger charge is -2.35. The molecule has 0 radical (unpaired) electrons. The predicted octanol–water partition coefficient (Wildman–Crippen LogP) is 1.56. The highest BCUT2D eigenvalue weighted by Gasteiger charge is 2.29. The van der Waals surface area contributed by atoms with Crippen LogP contribution in [0.15, 0.2) is 18.2 Å². The SMILES string of the molecule is CN(C)C(c1cc(F)ccc1F)C1COCCN1. The number of nitrogens with one attached hydrogen (secondary N) is 1. The molecular weight excluding hydrogens is 238 g/mol. The van der Waals surface area contributed by atoms with Gasteiger partial charge in [0.2, 0.25) is 0 Å². The van der Waals surface area contributed by atoms with Crippen LogP contribution in [-0.4, -0.2) is 44.8 Å². The van der Waals surface area contributed by atoms with Crippen LogP contribution in [0.2, 0.25) is 0 Å². The first-order valence-electron chi connectivity index (χ1n) is 6.02. The molecule has 0 amide bonds. The summed E-state index contributed by atoms with van der Waals surface area (Å²) in [7, 11) is 3.70. The Hall–Kier alpha value is -1.04. The topological polar surface area (TPSA) is 24.5 Å². The summed E-state index contributed by atoms with van der Waals surface area (Å²) in [5.41, 5.74) is 0.364. The summed E-state index contributed by atoms with van der Waals surface area (Å²) in [5, 5.41) is 3.29. The summed E-state index contributed by atoms with van der Waals surface area (Å²) >= 11 is 0. The molecule has 100 valence electrons. The maximum absolute atomic E-state index is 13.9. The third-order valence-corrected chi connectivity index (χ3v) is 3.16. The van der Waals surface area contributed by atoms with Gasteiger partial charge in [0.05, 0.1) is 25.3 Å². The van der Waals surface area contributed by atoms with Gasteiger partial charge in [0.1, 0.15) is 11.6 Å². The van der Waals surface area contributed by atoms with E-state index in [-0.39, 0.29) is 17.9 Å². The second-order valence-electron chi connectivity index (χ2n) is 4.71. The van der Waals surface area contributed by atoms with E-state index < -0.39 is 5.82 Å². The van der Waals surface area contributed by atoms with E-state index in [1.165, 1.54) is 12.1 Å². The lowest BCUT2D eigenvalue weighted by atomic mass is 9.97. The van der Waals surface area contributed by atoms with Gasteiger partial charge in [-0.3, -0.25) is 0 Å². The molecule has 1 saturated heterocycles. The number of ether oxygens (including phenoxy) is 1. The fourth-order valence-electron chi connectivity index (χ4n) is 2.38. The van der Waals surface area contributed by atoms with E-state index in [9.17, 15) is 8.78 Å². The third kappa shape index (κ3) is 2.85. The molecule has 18 heavy (non-hydrogen) atoms. The molecule has 2 rings (SSSR count).